The number of hydrogen-bond donors (Lipinski definition) is 1. The van der Waals surface area contributed by atoms with Gasteiger partial charge in [0, 0.05) is 12.7 Å². The number of carboxylic acid groups (broad SMARTS) is 1. The minimum atomic E-state index is -0.972. The summed E-state index contributed by atoms with van der Waals surface area (Å²) in [5.41, 5.74) is 0.740. The van der Waals surface area contributed by atoms with Crippen LogP contribution in [-0.2, 0) is 6.54 Å². The minimum Gasteiger partial charge on any atom is -0.475 e. The summed E-state index contributed by atoms with van der Waals surface area (Å²) >= 11 is 0. The van der Waals surface area contributed by atoms with Crippen LogP contribution in [0.5, 0.6) is 0 Å². The molecular formula is C7H10N2O2. The molecule has 1 rings (SSSR count). The molecule has 0 saturated carbocycles. The molecule has 1 N–H and O–H groups in total. The van der Waals surface area contributed by atoms with Crippen LogP contribution in [-0.4, -0.2) is 20.6 Å². The normalized spacial score (nSPS) is 10.0. The molecule has 0 amide bonds. The molecule has 0 atom stereocenters. The zero-order valence-electron chi connectivity index (χ0n) is 6.53. The van der Waals surface area contributed by atoms with Gasteiger partial charge in [0.25, 0.3) is 0 Å². The smallest absolute Gasteiger partial charge is 0.372 e. The maximum absolute atomic E-state index is 10.5. The van der Waals surface area contributed by atoms with Crippen LogP contribution in [0.25, 0.3) is 0 Å². The summed E-state index contributed by atoms with van der Waals surface area (Å²) in [5.74, 6) is -0.857. The first kappa shape index (κ1) is 7.78. The summed E-state index contributed by atoms with van der Waals surface area (Å²) in [6.45, 7) is 4.30. The van der Waals surface area contributed by atoms with Gasteiger partial charge in [0.05, 0.1) is 5.69 Å². The highest BCUT2D eigenvalue weighted by atomic mass is 16.4. The van der Waals surface area contributed by atoms with Gasteiger partial charge in [-0.15, -0.1) is 0 Å². The van der Waals surface area contributed by atoms with Crippen LogP contribution in [0, 0.1) is 6.92 Å². The van der Waals surface area contributed by atoms with Crippen LogP contribution < -0.4 is 0 Å². The molecule has 11 heavy (non-hydrogen) atoms. The van der Waals surface area contributed by atoms with E-state index in [9.17, 15) is 4.79 Å². The lowest BCUT2D eigenvalue weighted by Crippen LogP contribution is -2.07. The van der Waals surface area contributed by atoms with Gasteiger partial charge in [0.2, 0.25) is 5.82 Å². The Balaban J connectivity index is 3.12. The molecular weight excluding hydrogens is 144 g/mol. The van der Waals surface area contributed by atoms with Crippen molar-refractivity contribution in [2.45, 2.75) is 20.4 Å². The van der Waals surface area contributed by atoms with Gasteiger partial charge in [-0.1, -0.05) is 0 Å². The van der Waals surface area contributed by atoms with E-state index in [1.807, 2.05) is 6.92 Å². The first-order chi connectivity index (χ1) is 5.15. The quantitative estimate of drug-likeness (QED) is 0.688. The second-order valence-electron chi connectivity index (χ2n) is 2.30. The topological polar surface area (TPSA) is 55.1 Å². The van der Waals surface area contributed by atoms with Gasteiger partial charge in [-0.2, -0.15) is 0 Å². The van der Waals surface area contributed by atoms with Crippen molar-refractivity contribution in [2.24, 2.45) is 0 Å². The highest BCUT2D eigenvalue weighted by molar-refractivity contribution is 5.83. The molecule has 60 valence electrons. The molecule has 0 spiro atoms. The average Bonchev–Trinajstić information content (AvgIpc) is 2.30. The summed E-state index contributed by atoms with van der Waals surface area (Å²) in [5, 5.41) is 8.63. The molecule has 0 aliphatic rings. The Labute approximate surface area is 64.5 Å². The van der Waals surface area contributed by atoms with Crippen molar-refractivity contribution >= 4 is 5.97 Å². The van der Waals surface area contributed by atoms with Crippen LogP contribution in [0.15, 0.2) is 6.20 Å². The van der Waals surface area contributed by atoms with Crippen molar-refractivity contribution in [3.8, 4) is 0 Å². The van der Waals surface area contributed by atoms with E-state index >= 15 is 0 Å². The lowest BCUT2D eigenvalue weighted by molar-refractivity contribution is 0.0678. The molecule has 1 heterocycles. The molecule has 0 aromatic carbocycles. The molecule has 1 aromatic heterocycles. The number of imidazole rings is 1. The molecule has 0 saturated heterocycles. The Morgan fingerprint density at radius 1 is 1.82 bits per heavy atom. The third-order valence-electron chi connectivity index (χ3n) is 1.43. The van der Waals surface area contributed by atoms with E-state index in [-0.39, 0.29) is 5.82 Å². The highest BCUT2D eigenvalue weighted by Gasteiger charge is 2.10. The van der Waals surface area contributed by atoms with E-state index in [2.05, 4.69) is 4.98 Å². The molecule has 1 aromatic rings. The van der Waals surface area contributed by atoms with E-state index in [4.69, 9.17) is 5.11 Å². The van der Waals surface area contributed by atoms with Gasteiger partial charge >= 0.3 is 5.97 Å². The maximum atomic E-state index is 10.5. The van der Waals surface area contributed by atoms with Crippen molar-refractivity contribution in [1.82, 2.24) is 9.55 Å². The number of carbonyl (C=O) groups is 1. The van der Waals surface area contributed by atoms with Crippen LogP contribution >= 0.6 is 0 Å². The molecule has 4 heteroatoms. The molecule has 0 aliphatic carbocycles. The number of rotatable bonds is 2. The lowest BCUT2D eigenvalue weighted by Gasteiger charge is -1.96. The van der Waals surface area contributed by atoms with Crippen LogP contribution in [0.2, 0.25) is 0 Å². The second-order valence-corrected chi connectivity index (χ2v) is 2.30. The van der Waals surface area contributed by atoms with Crippen LogP contribution in [0.1, 0.15) is 23.2 Å². The van der Waals surface area contributed by atoms with Gasteiger partial charge in [0.15, 0.2) is 0 Å². The zero-order chi connectivity index (χ0) is 8.43. The molecule has 0 bridgehead atoms. The Morgan fingerprint density at radius 2 is 2.45 bits per heavy atom. The summed E-state index contributed by atoms with van der Waals surface area (Å²) in [6.07, 6.45) is 1.73. The molecule has 4 nitrogen and oxygen atoms in total. The average molecular weight is 154 g/mol. The number of aromatic nitrogens is 2. The van der Waals surface area contributed by atoms with Crippen molar-refractivity contribution < 1.29 is 9.90 Å². The highest BCUT2D eigenvalue weighted by Crippen LogP contribution is 2.01. The monoisotopic (exact) mass is 154 g/mol. The van der Waals surface area contributed by atoms with E-state index in [1.54, 1.807) is 17.7 Å². The fraction of sp³-hybridized carbons (Fsp3) is 0.429. The van der Waals surface area contributed by atoms with E-state index < -0.39 is 5.97 Å². The summed E-state index contributed by atoms with van der Waals surface area (Å²) < 4.78 is 1.61. The molecule has 0 aliphatic heterocycles. The van der Waals surface area contributed by atoms with Gasteiger partial charge in [-0.3, -0.25) is 0 Å². The third kappa shape index (κ3) is 1.39. The van der Waals surface area contributed by atoms with Crippen molar-refractivity contribution in [3.05, 3.63) is 17.7 Å². The van der Waals surface area contributed by atoms with Gasteiger partial charge in [0.1, 0.15) is 0 Å². The molecule has 0 fully saturated rings. The fourth-order valence-electron chi connectivity index (χ4n) is 0.959. The number of aryl methyl sites for hydroxylation is 2. The fourth-order valence-corrected chi connectivity index (χ4v) is 0.959. The van der Waals surface area contributed by atoms with Crippen molar-refractivity contribution in [3.63, 3.8) is 0 Å². The first-order valence-corrected chi connectivity index (χ1v) is 3.42. The number of carboxylic acids is 1. The van der Waals surface area contributed by atoms with Crippen molar-refractivity contribution in [1.29, 1.82) is 0 Å². The van der Waals surface area contributed by atoms with E-state index in [1.165, 1.54) is 0 Å². The lowest BCUT2D eigenvalue weighted by atomic mass is 10.5. The zero-order valence-corrected chi connectivity index (χ0v) is 6.53. The van der Waals surface area contributed by atoms with Crippen LogP contribution in [0.4, 0.5) is 0 Å². The maximum Gasteiger partial charge on any atom is 0.372 e. The van der Waals surface area contributed by atoms with Crippen molar-refractivity contribution in [2.75, 3.05) is 0 Å². The summed E-state index contributed by atoms with van der Waals surface area (Å²) in [6, 6.07) is 0. The van der Waals surface area contributed by atoms with Gasteiger partial charge in [-0.25, -0.2) is 9.78 Å². The Bertz CT molecular complexity index is 278. The van der Waals surface area contributed by atoms with E-state index in [0.717, 1.165) is 5.69 Å². The standard InChI is InChI=1S/C7H10N2O2/c1-3-9-4-5(2)8-6(9)7(10)11/h4H,3H2,1-2H3,(H,10,11). The van der Waals surface area contributed by atoms with Gasteiger partial charge in [-0.05, 0) is 13.8 Å². The van der Waals surface area contributed by atoms with Gasteiger partial charge < -0.3 is 9.67 Å². The predicted octanol–water partition coefficient (Wildman–Crippen LogP) is 0.910. The Hall–Kier alpha value is -1.32. The third-order valence-corrected chi connectivity index (χ3v) is 1.43. The number of aromatic carboxylic acids is 1. The molecule has 0 radical (unpaired) electrons. The Kier molecular flexibility index (Phi) is 1.94. The SMILES string of the molecule is CCn1cc(C)nc1C(=O)O. The number of hydrogen-bond acceptors (Lipinski definition) is 2. The predicted molar refractivity (Wildman–Crippen MR) is 39.6 cm³/mol. The minimum absolute atomic E-state index is 0.116. The number of nitrogens with zero attached hydrogens (tertiary/aromatic N) is 2. The van der Waals surface area contributed by atoms with Crippen LogP contribution in [0.3, 0.4) is 0 Å². The summed E-state index contributed by atoms with van der Waals surface area (Å²) in [7, 11) is 0. The Morgan fingerprint density at radius 3 is 2.82 bits per heavy atom. The largest absolute Gasteiger partial charge is 0.475 e. The molecule has 0 unspecified atom stereocenters. The summed E-state index contributed by atoms with van der Waals surface area (Å²) in [4.78, 5) is 14.4. The van der Waals surface area contributed by atoms with E-state index in [0.29, 0.717) is 6.54 Å². The second kappa shape index (κ2) is 2.74. The first-order valence-electron chi connectivity index (χ1n) is 3.42.